The van der Waals surface area contributed by atoms with Crippen molar-refractivity contribution in [1.29, 1.82) is 0 Å². The average molecular weight is 492 g/mol. The fourth-order valence-electron chi connectivity index (χ4n) is 7.06. The molecule has 0 radical (unpaired) electrons. The highest BCUT2D eigenvalue weighted by atomic mass is 16.7. The Morgan fingerprint density at radius 3 is 1.76 bits per heavy atom. The van der Waals surface area contributed by atoms with Gasteiger partial charge in [0.05, 0.1) is 16.6 Å². The van der Waals surface area contributed by atoms with Crippen LogP contribution in [0, 0.1) is 0 Å². The molecular weight excluding hydrogens is 463 g/mol. The van der Waals surface area contributed by atoms with Crippen molar-refractivity contribution in [2.24, 2.45) is 0 Å². The van der Waals surface area contributed by atoms with E-state index in [1.807, 2.05) is 0 Å². The third-order valence-electron chi connectivity index (χ3n) is 9.52. The van der Waals surface area contributed by atoms with Crippen molar-refractivity contribution < 1.29 is 9.31 Å². The minimum Gasteiger partial charge on any atom is -0.399 e. The summed E-state index contributed by atoms with van der Waals surface area (Å²) in [5.74, 6) is 0. The molecule has 5 aromatic carbocycles. The van der Waals surface area contributed by atoms with Crippen molar-refractivity contribution in [3.8, 4) is 22.3 Å². The zero-order chi connectivity index (χ0) is 25.9. The molecule has 1 spiro atoms. The number of fused-ring (bicyclic) bond motifs is 12. The molecule has 0 bridgehead atoms. The molecule has 0 saturated carbocycles. The van der Waals surface area contributed by atoms with Crippen LogP contribution in [0.1, 0.15) is 49.9 Å². The van der Waals surface area contributed by atoms with Crippen LogP contribution in [-0.2, 0) is 14.7 Å². The van der Waals surface area contributed by atoms with E-state index in [9.17, 15) is 0 Å². The minimum atomic E-state index is -0.408. The molecule has 3 aliphatic rings. The molecule has 3 heteroatoms. The third-order valence-corrected chi connectivity index (χ3v) is 9.52. The van der Waals surface area contributed by atoms with Gasteiger partial charge < -0.3 is 9.31 Å². The van der Waals surface area contributed by atoms with E-state index < -0.39 is 12.5 Å². The van der Waals surface area contributed by atoms with E-state index >= 15 is 0 Å². The van der Waals surface area contributed by atoms with Crippen LogP contribution in [0.2, 0.25) is 0 Å². The second-order valence-electron chi connectivity index (χ2n) is 11.9. The Bertz CT molecular complexity index is 1740. The summed E-state index contributed by atoms with van der Waals surface area (Å²) in [6.07, 6.45) is 0. The van der Waals surface area contributed by atoms with Gasteiger partial charge in [0.15, 0.2) is 0 Å². The van der Waals surface area contributed by atoms with Gasteiger partial charge in [0.2, 0.25) is 0 Å². The smallest absolute Gasteiger partial charge is 0.399 e. The summed E-state index contributed by atoms with van der Waals surface area (Å²) in [5.41, 5.74) is 10.5. The fraction of sp³-hybridized carbons (Fsp3) is 0.200. The Hall–Kier alpha value is -3.66. The van der Waals surface area contributed by atoms with Gasteiger partial charge in [-0.05, 0) is 88.4 Å². The predicted molar refractivity (Wildman–Crippen MR) is 156 cm³/mol. The van der Waals surface area contributed by atoms with Gasteiger partial charge in [0, 0.05) is 0 Å². The van der Waals surface area contributed by atoms with Gasteiger partial charge in [-0.15, -0.1) is 0 Å². The van der Waals surface area contributed by atoms with E-state index in [2.05, 4.69) is 131 Å². The normalized spacial score (nSPS) is 18.9. The summed E-state index contributed by atoms with van der Waals surface area (Å²) in [5, 5.41) is 2.58. The predicted octanol–water partition coefficient (Wildman–Crippen LogP) is 7.48. The van der Waals surface area contributed by atoms with Gasteiger partial charge in [-0.3, -0.25) is 0 Å². The van der Waals surface area contributed by atoms with Gasteiger partial charge in [0.1, 0.15) is 0 Å². The van der Waals surface area contributed by atoms with Crippen LogP contribution in [0.25, 0.3) is 33.0 Å². The van der Waals surface area contributed by atoms with Crippen molar-refractivity contribution in [3.63, 3.8) is 0 Å². The van der Waals surface area contributed by atoms with Crippen LogP contribution in [0.4, 0.5) is 0 Å². The van der Waals surface area contributed by atoms with Gasteiger partial charge in [-0.2, -0.15) is 0 Å². The second kappa shape index (κ2) is 7.25. The highest BCUT2D eigenvalue weighted by molar-refractivity contribution is 6.62. The summed E-state index contributed by atoms with van der Waals surface area (Å²) in [4.78, 5) is 0. The zero-order valence-electron chi connectivity index (χ0n) is 22.2. The topological polar surface area (TPSA) is 18.5 Å². The first-order valence-corrected chi connectivity index (χ1v) is 13.5. The Kier molecular flexibility index (Phi) is 4.26. The van der Waals surface area contributed by atoms with E-state index in [0.29, 0.717) is 0 Å². The lowest BCUT2D eigenvalue weighted by atomic mass is 9.67. The van der Waals surface area contributed by atoms with Gasteiger partial charge in [0.25, 0.3) is 0 Å². The molecule has 1 saturated heterocycles. The summed E-state index contributed by atoms with van der Waals surface area (Å²) in [6, 6.07) is 38.2. The molecule has 1 fully saturated rings. The molecular formula is C35H29BO2. The lowest BCUT2D eigenvalue weighted by Crippen LogP contribution is -2.41. The number of benzene rings is 5. The van der Waals surface area contributed by atoms with E-state index in [1.54, 1.807) is 0 Å². The lowest BCUT2D eigenvalue weighted by Gasteiger charge is -2.32. The molecule has 38 heavy (non-hydrogen) atoms. The molecule has 2 aliphatic carbocycles. The van der Waals surface area contributed by atoms with Gasteiger partial charge in [-0.25, -0.2) is 0 Å². The largest absolute Gasteiger partial charge is 0.494 e. The molecule has 0 amide bonds. The molecule has 2 nitrogen and oxygen atoms in total. The van der Waals surface area contributed by atoms with E-state index in [1.165, 1.54) is 55.3 Å². The maximum Gasteiger partial charge on any atom is 0.494 e. The Morgan fingerprint density at radius 2 is 1.08 bits per heavy atom. The van der Waals surface area contributed by atoms with Crippen LogP contribution < -0.4 is 5.46 Å². The molecule has 0 N–H and O–H groups in total. The molecule has 0 unspecified atom stereocenters. The van der Waals surface area contributed by atoms with Gasteiger partial charge >= 0.3 is 7.12 Å². The molecule has 184 valence electrons. The molecule has 8 rings (SSSR count). The van der Waals surface area contributed by atoms with E-state index in [4.69, 9.17) is 9.31 Å². The number of hydrogen-bond donors (Lipinski definition) is 0. The average Bonchev–Trinajstić information content (AvgIpc) is 3.48. The van der Waals surface area contributed by atoms with Crippen LogP contribution in [0.5, 0.6) is 0 Å². The Balaban J connectivity index is 1.48. The molecule has 5 aromatic rings. The van der Waals surface area contributed by atoms with Crippen LogP contribution in [0.15, 0.2) is 103 Å². The van der Waals surface area contributed by atoms with Crippen molar-refractivity contribution in [3.05, 3.63) is 125 Å². The summed E-state index contributed by atoms with van der Waals surface area (Å²) in [6.45, 7) is 8.47. The maximum absolute atomic E-state index is 6.53. The lowest BCUT2D eigenvalue weighted by molar-refractivity contribution is 0.00578. The van der Waals surface area contributed by atoms with Crippen molar-refractivity contribution in [2.75, 3.05) is 0 Å². The molecule has 0 atom stereocenters. The Labute approximate surface area is 224 Å². The SMILES string of the molecule is CC1(C)OB(c2ccc3c(c2)C2(c4ccccc4-c4ccccc42)c2c-3ccc3ccccc23)OC1(C)C. The highest BCUT2D eigenvalue weighted by Gasteiger charge is 2.55. The van der Waals surface area contributed by atoms with E-state index in [0.717, 1.165) is 5.46 Å². The zero-order valence-corrected chi connectivity index (χ0v) is 22.2. The summed E-state index contributed by atoms with van der Waals surface area (Å²) >= 11 is 0. The fourth-order valence-corrected chi connectivity index (χ4v) is 7.06. The van der Waals surface area contributed by atoms with Crippen molar-refractivity contribution >= 4 is 23.4 Å². The molecule has 0 aromatic heterocycles. The van der Waals surface area contributed by atoms with Crippen LogP contribution >= 0.6 is 0 Å². The summed E-state index contributed by atoms with van der Waals surface area (Å²) in [7, 11) is -0.408. The van der Waals surface area contributed by atoms with Crippen LogP contribution in [0.3, 0.4) is 0 Å². The number of rotatable bonds is 1. The van der Waals surface area contributed by atoms with Crippen molar-refractivity contribution in [1.82, 2.24) is 0 Å². The molecule has 1 heterocycles. The highest BCUT2D eigenvalue weighted by Crippen LogP contribution is 2.63. The monoisotopic (exact) mass is 492 g/mol. The first kappa shape index (κ1) is 22.3. The first-order chi connectivity index (χ1) is 18.3. The third kappa shape index (κ3) is 2.61. The summed E-state index contributed by atoms with van der Waals surface area (Å²) < 4.78 is 13.1. The Morgan fingerprint density at radius 1 is 0.526 bits per heavy atom. The maximum atomic E-state index is 6.53. The number of hydrogen-bond acceptors (Lipinski definition) is 2. The van der Waals surface area contributed by atoms with Crippen molar-refractivity contribution in [2.45, 2.75) is 44.3 Å². The minimum absolute atomic E-state index is 0.389. The molecule has 1 aliphatic heterocycles. The van der Waals surface area contributed by atoms with E-state index in [-0.39, 0.29) is 11.2 Å². The second-order valence-corrected chi connectivity index (χ2v) is 11.9. The standard InChI is InChI=1S/C35H29BO2/c1-33(2)34(3,4)38-36(37-33)23-18-20-27-28-19-17-22-11-5-6-12-24(22)32(28)35(31(27)21-23)29-15-9-7-13-25(29)26-14-8-10-16-30(26)35/h5-21H,1-4H3. The first-order valence-electron chi connectivity index (χ1n) is 13.5. The van der Waals surface area contributed by atoms with Gasteiger partial charge in [-0.1, -0.05) is 103 Å². The van der Waals surface area contributed by atoms with Crippen LogP contribution in [-0.4, -0.2) is 18.3 Å². The quantitative estimate of drug-likeness (QED) is 0.221.